The summed E-state index contributed by atoms with van der Waals surface area (Å²) in [6.07, 6.45) is 0. The lowest BCUT2D eigenvalue weighted by Crippen LogP contribution is -1.98. The Labute approximate surface area is 115 Å². The molecule has 2 rings (SSSR count). The summed E-state index contributed by atoms with van der Waals surface area (Å²) in [5.41, 5.74) is 0.394. The van der Waals surface area contributed by atoms with E-state index in [2.05, 4.69) is 10.3 Å². The number of hydrogen-bond donors (Lipinski definition) is 2. The van der Waals surface area contributed by atoms with Crippen LogP contribution in [-0.4, -0.2) is 21.8 Å². The van der Waals surface area contributed by atoms with Crippen LogP contribution in [0.2, 0.25) is 0 Å². The number of nitrogens with one attached hydrogen (secondary N) is 1. The summed E-state index contributed by atoms with van der Waals surface area (Å²) >= 11 is 1.52. The average molecular weight is 302 g/mol. The van der Waals surface area contributed by atoms with E-state index in [9.17, 15) is 13.6 Å². The van der Waals surface area contributed by atoms with Gasteiger partial charge in [0, 0.05) is 10.3 Å². The molecular weight excluding hydrogens is 294 g/mol. The van der Waals surface area contributed by atoms with E-state index in [1.165, 1.54) is 5.38 Å². The summed E-state index contributed by atoms with van der Waals surface area (Å²) in [7, 11) is 0. The van der Waals surface area contributed by atoms with E-state index in [1.54, 1.807) is 24.3 Å². The quantitative estimate of drug-likeness (QED) is 0.820. The normalized spacial score (nSPS) is 10.7. The standard InChI is InChI=1S/C11H8F2N2O2S2/c12-10(13)19-8-4-2-1-3-6(8)14-11-15-7(5-18-11)9(16)17/h1-5,10H,(H,14,15)(H,16,17). The molecule has 0 fully saturated rings. The Balaban J connectivity index is 2.20. The SMILES string of the molecule is O=C(O)c1csc(Nc2ccccc2SC(F)F)n1. The predicted molar refractivity (Wildman–Crippen MR) is 70.7 cm³/mol. The van der Waals surface area contributed by atoms with E-state index in [-0.39, 0.29) is 5.69 Å². The zero-order chi connectivity index (χ0) is 13.8. The van der Waals surface area contributed by atoms with Gasteiger partial charge in [0.1, 0.15) is 0 Å². The molecule has 8 heteroatoms. The number of benzene rings is 1. The number of alkyl halides is 2. The van der Waals surface area contributed by atoms with Crippen LogP contribution < -0.4 is 5.32 Å². The highest BCUT2D eigenvalue weighted by Gasteiger charge is 2.12. The summed E-state index contributed by atoms with van der Waals surface area (Å²) in [6, 6.07) is 6.54. The number of aromatic nitrogens is 1. The molecule has 1 aromatic heterocycles. The van der Waals surface area contributed by atoms with Gasteiger partial charge < -0.3 is 10.4 Å². The first-order valence-electron chi connectivity index (χ1n) is 5.06. The van der Waals surface area contributed by atoms with Gasteiger partial charge >= 0.3 is 5.97 Å². The molecule has 4 nitrogen and oxygen atoms in total. The Morgan fingerprint density at radius 1 is 1.42 bits per heavy atom. The lowest BCUT2D eigenvalue weighted by molar-refractivity contribution is 0.0691. The molecule has 0 amide bonds. The molecule has 0 aliphatic heterocycles. The fourth-order valence-corrected chi connectivity index (χ4v) is 2.61. The highest BCUT2D eigenvalue weighted by molar-refractivity contribution is 7.99. The Morgan fingerprint density at radius 2 is 2.16 bits per heavy atom. The van der Waals surface area contributed by atoms with Gasteiger partial charge in [0.25, 0.3) is 5.76 Å². The zero-order valence-electron chi connectivity index (χ0n) is 9.34. The maximum absolute atomic E-state index is 12.4. The number of halogens is 2. The Bertz CT molecular complexity index is 590. The van der Waals surface area contributed by atoms with Crippen LogP contribution in [0.25, 0.3) is 0 Å². The van der Waals surface area contributed by atoms with Gasteiger partial charge in [-0.2, -0.15) is 8.78 Å². The number of aromatic carboxylic acids is 1. The zero-order valence-corrected chi connectivity index (χ0v) is 11.0. The van der Waals surface area contributed by atoms with Gasteiger partial charge in [0.2, 0.25) is 0 Å². The molecular formula is C11H8F2N2O2S2. The van der Waals surface area contributed by atoms with Crippen molar-refractivity contribution in [3.05, 3.63) is 35.3 Å². The highest BCUT2D eigenvalue weighted by atomic mass is 32.2. The molecule has 0 spiro atoms. The first kappa shape index (κ1) is 13.8. The molecule has 2 aromatic rings. The van der Waals surface area contributed by atoms with E-state index in [4.69, 9.17) is 5.11 Å². The second kappa shape index (κ2) is 5.98. The number of anilines is 2. The van der Waals surface area contributed by atoms with Crippen LogP contribution in [0, 0.1) is 0 Å². The monoisotopic (exact) mass is 302 g/mol. The molecule has 0 atom stereocenters. The van der Waals surface area contributed by atoms with Gasteiger partial charge in [0.15, 0.2) is 10.8 Å². The summed E-state index contributed by atoms with van der Waals surface area (Å²) in [4.78, 5) is 14.9. The average Bonchev–Trinajstić information content (AvgIpc) is 2.80. The van der Waals surface area contributed by atoms with Crippen molar-refractivity contribution in [2.24, 2.45) is 0 Å². The molecule has 2 N–H and O–H groups in total. The number of para-hydroxylation sites is 1. The number of rotatable bonds is 5. The molecule has 0 unspecified atom stereocenters. The number of carbonyl (C=O) groups is 1. The first-order chi connectivity index (χ1) is 9.06. The van der Waals surface area contributed by atoms with Crippen molar-refractivity contribution < 1.29 is 18.7 Å². The maximum atomic E-state index is 12.4. The molecule has 0 bridgehead atoms. The highest BCUT2D eigenvalue weighted by Crippen LogP contribution is 2.33. The lowest BCUT2D eigenvalue weighted by atomic mass is 10.3. The first-order valence-corrected chi connectivity index (χ1v) is 6.82. The number of thioether (sulfide) groups is 1. The van der Waals surface area contributed by atoms with Gasteiger partial charge in [-0.05, 0) is 12.1 Å². The van der Waals surface area contributed by atoms with Crippen molar-refractivity contribution in [1.82, 2.24) is 4.98 Å². The minimum Gasteiger partial charge on any atom is -0.476 e. The largest absolute Gasteiger partial charge is 0.476 e. The molecule has 100 valence electrons. The molecule has 19 heavy (non-hydrogen) atoms. The minimum absolute atomic E-state index is 0.0773. The molecule has 0 aliphatic carbocycles. The topological polar surface area (TPSA) is 62.2 Å². The van der Waals surface area contributed by atoms with Crippen molar-refractivity contribution in [2.45, 2.75) is 10.7 Å². The Hall–Kier alpha value is -1.67. The molecule has 0 radical (unpaired) electrons. The van der Waals surface area contributed by atoms with E-state index >= 15 is 0 Å². The predicted octanol–water partition coefficient (Wildman–Crippen LogP) is 3.90. The number of nitrogens with zero attached hydrogens (tertiary/aromatic N) is 1. The molecule has 0 saturated carbocycles. The van der Waals surface area contributed by atoms with Gasteiger partial charge in [-0.25, -0.2) is 9.78 Å². The minimum atomic E-state index is -2.52. The molecule has 0 aliphatic rings. The molecule has 1 aromatic carbocycles. The van der Waals surface area contributed by atoms with Crippen LogP contribution in [-0.2, 0) is 0 Å². The summed E-state index contributed by atoms with van der Waals surface area (Å²) in [6.45, 7) is 0. The van der Waals surface area contributed by atoms with Crippen LogP contribution in [0.5, 0.6) is 0 Å². The van der Waals surface area contributed by atoms with Crippen molar-refractivity contribution in [3.63, 3.8) is 0 Å². The van der Waals surface area contributed by atoms with Gasteiger partial charge in [-0.15, -0.1) is 11.3 Å². The smallest absolute Gasteiger partial charge is 0.355 e. The van der Waals surface area contributed by atoms with Gasteiger partial charge in [-0.3, -0.25) is 0 Å². The van der Waals surface area contributed by atoms with Crippen molar-refractivity contribution in [3.8, 4) is 0 Å². The maximum Gasteiger partial charge on any atom is 0.355 e. The third-order valence-corrected chi connectivity index (χ3v) is 3.61. The van der Waals surface area contributed by atoms with E-state index in [0.717, 1.165) is 11.3 Å². The van der Waals surface area contributed by atoms with Gasteiger partial charge in [0.05, 0.1) is 5.69 Å². The second-order valence-electron chi connectivity index (χ2n) is 3.34. The third kappa shape index (κ3) is 3.65. The van der Waals surface area contributed by atoms with Crippen molar-refractivity contribution >= 4 is 39.9 Å². The Morgan fingerprint density at radius 3 is 2.79 bits per heavy atom. The van der Waals surface area contributed by atoms with Gasteiger partial charge in [-0.1, -0.05) is 23.9 Å². The fourth-order valence-electron chi connectivity index (χ4n) is 1.31. The van der Waals surface area contributed by atoms with Crippen LogP contribution in [0.15, 0.2) is 34.5 Å². The molecule has 0 saturated heterocycles. The number of hydrogen-bond acceptors (Lipinski definition) is 5. The lowest BCUT2D eigenvalue weighted by Gasteiger charge is -2.08. The molecule has 1 heterocycles. The van der Waals surface area contributed by atoms with E-state index in [0.29, 0.717) is 27.5 Å². The van der Waals surface area contributed by atoms with E-state index in [1.807, 2.05) is 0 Å². The summed E-state index contributed by atoms with van der Waals surface area (Å²) in [5, 5.41) is 13.3. The Kier molecular flexibility index (Phi) is 4.33. The van der Waals surface area contributed by atoms with Crippen LogP contribution in [0.1, 0.15) is 10.5 Å². The number of thiazole rings is 1. The van der Waals surface area contributed by atoms with Crippen LogP contribution in [0.3, 0.4) is 0 Å². The van der Waals surface area contributed by atoms with Crippen molar-refractivity contribution in [1.29, 1.82) is 0 Å². The summed E-state index contributed by atoms with van der Waals surface area (Å²) in [5.74, 6) is -3.65. The van der Waals surface area contributed by atoms with E-state index < -0.39 is 11.7 Å². The van der Waals surface area contributed by atoms with Crippen molar-refractivity contribution in [2.75, 3.05) is 5.32 Å². The second-order valence-corrected chi connectivity index (χ2v) is 5.23. The van der Waals surface area contributed by atoms with Crippen LogP contribution in [0.4, 0.5) is 19.6 Å². The number of carboxylic acids is 1. The van der Waals surface area contributed by atoms with Crippen LogP contribution >= 0.6 is 23.1 Å². The number of carboxylic acid groups (broad SMARTS) is 1. The third-order valence-electron chi connectivity index (χ3n) is 2.07. The fraction of sp³-hybridized carbons (Fsp3) is 0.0909. The summed E-state index contributed by atoms with van der Waals surface area (Å²) < 4.78 is 24.8.